The van der Waals surface area contributed by atoms with Gasteiger partial charge >= 0.3 is 0 Å². The molecule has 1 saturated heterocycles. The molecule has 1 aliphatic rings. The first-order chi connectivity index (χ1) is 5.31. The van der Waals surface area contributed by atoms with Crippen molar-refractivity contribution in [1.29, 1.82) is 0 Å². The largest absolute Gasteiger partial charge is 0.244 e. The van der Waals surface area contributed by atoms with E-state index in [2.05, 4.69) is 0 Å². The zero-order valence-electron chi connectivity index (χ0n) is 7.38. The van der Waals surface area contributed by atoms with Gasteiger partial charge in [0, 0.05) is 13.1 Å². The molecule has 3 nitrogen and oxygen atoms in total. The predicted octanol–water partition coefficient (Wildman–Crippen LogP) is 0.770. The lowest BCUT2D eigenvalue weighted by atomic mass is 9.97. The number of hydrogen-bond acceptors (Lipinski definition) is 2. The summed E-state index contributed by atoms with van der Waals surface area (Å²) in [4.78, 5) is 0. The SMILES string of the molecule is CC1(F)CCN(S(C)(=O)=O)CC1. The van der Waals surface area contributed by atoms with E-state index < -0.39 is 15.7 Å². The van der Waals surface area contributed by atoms with Gasteiger partial charge in [0.25, 0.3) is 0 Å². The average molecular weight is 195 g/mol. The molecule has 0 aromatic carbocycles. The van der Waals surface area contributed by atoms with Gasteiger partial charge in [0.1, 0.15) is 5.67 Å². The second-order valence-electron chi connectivity index (χ2n) is 3.58. The van der Waals surface area contributed by atoms with Crippen molar-refractivity contribution in [3.05, 3.63) is 0 Å². The third-order valence-electron chi connectivity index (χ3n) is 2.23. The van der Waals surface area contributed by atoms with Gasteiger partial charge in [-0.25, -0.2) is 17.1 Å². The van der Waals surface area contributed by atoms with Crippen LogP contribution in [0.5, 0.6) is 0 Å². The van der Waals surface area contributed by atoms with E-state index >= 15 is 0 Å². The van der Waals surface area contributed by atoms with Crippen LogP contribution >= 0.6 is 0 Å². The number of sulfonamides is 1. The summed E-state index contributed by atoms with van der Waals surface area (Å²) >= 11 is 0. The Morgan fingerprint density at radius 1 is 1.33 bits per heavy atom. The first-order valence-electron chi connectivity index (χ1n) is 3.95. The third-order valence-corrected chi connectivity index (χ3v) is 3.54. The lowest BCUT2D eigenvalue weighted by Crippen LogP contribution is -2.42. The molecule has 0 saturated carbocycles. The summed E-state index contributed by atoms with van der Waals surface area (Å²) in [6.45, 7) is 2.14. The predicted molar refractivity (Wildman–Crippen MR) is 45.2 cm³/mol. The van der Waals surface area contributed by atoms with Crippen molar-refractivity contribution in [2.24, 2.45) is 0 Å². The molecule has 0 aromatic rings. The number of alkyl halides is 1. The van der Waals surface area contributed by atoms with E-state index in [1.54, 1.807) is 0 Å². The zero-order valence-corrected chi connectivity index (χ0v) is 8.19. The second kappa shape index (κ2) is 2.96. The highest BCUT2D eigenvalue weighted by atomic mass is 32.2. The van der Waals surface area contributed by atoms with Crippen molar-refractivity contribution >= 4 is 10.0 Å². The van der Waals surface area contributed by atoms with Gasteiger partial charge in [-0.2, -0.15) is 0 Å². The number of rotatable bonds is 1. The molecule has 72 valence electrons. The van der Waals surface area contributed by atoms with E-state index in [4.69, 9.17) is 0 Å². The average Bonchev–Trinajstić information content (AvgIpc) is 1.83. The molecule has 1 rings (SSSR count). The molecular formula is C7H14FNO2S. The van der Waals surface area contributed by atoms with Crippen LogP contribution in [0.1, 0.15) is 19.8 Å². The zero-order chi connectivity index (χ0) is 9.41. The summed E-state index contributed by atoms with van der Waals surface area (Å²) in [6, 6.07) is 0. The van der Waals surface area contributed by atoms with Crippen LogP contribution in [0.4, 0.5) is 4.39 Å². The topological polar surface area (TPSA) is 37.4 Å². The maximum Gasteiger partial charge on any atom is 0.211 e. The van der Waals surface area contributed by atoms with Crippen LogP contribution in [0.25, 0.3) is 0 Å². The van der Waals surface area contributed by atoms with Gasteiger partial charge in [-0.15, -0.1) is 0 Å². The fourth-order valence-electron chi connectivity index (χ4n) is 1.28. The van der Waals surface area contributed by atoms with E-state index in [9.17, 15) is 12.8 Å². The van der Waals surface area contributed by atoms with Crippen molar-refractivity contribution in [3.8, 4) is 0 Å². The highest BCUT2D eigenvalue weighted by Gasteiger charge is 2.32. The van der Waals surface area contributed by atoms with Crippen LogP contribution in [-0.4, -0.2) is 37.7 Å². The number of hydrogen-bond donors (Lipinski definition) is 0. The Balaban J connectivity index is 2.59. The van der Waals surface area contributed by atoms with E-state index in [0.29, 0.717) is 25.9 Å². The van der Waals surface area contributed by atoms with Gasteiger partial charge in [0.15, 0.2) is 0 Å². The molecule has 0 spiro atoms. The van der Waals surface area contributed by atoms with Crippen LogP contribution in [0, 0.1) is 0 Å². The normalized spacial score (nSPS) is 25.6. The number of nitrogens with zero attached hydrogens (tertiary/aromatic N) is 1. The Kier molecular flexibility index (Phi) is 2.45. The minimum Gasteiger partial charge on any atom is -0.244 e. The fourth-order valence-corrected chi connectivity index (χ4v) is 2.13. The minimum absolute atomic E-state index is 0.306. The van der Waals surface area contributed by atoms with Crippen molar-refractivity contribution in [2.45, 2.75) is 25.4 Å². The Morgan fingerprint density at radius 3 is 2.08 bits per heavy atom. The van der Waals surface area contributed by atoms with Gasteiger partial charge in [0.05, 0.1) is 6.26 Å². The summed E-state index contributed by atoms with van der Waals surface area (Å²) in [5.41, 5.74) is -1.18. The lowest BCUT2D eigenvalue weighted by Gasteiger charge is -2.32. The molecule has 0 N–H and O–H groups in total. The summed E-state index contributed by atoms with van der Waals surface area (Å²) in [5, 5.41) is 0. The molecule has 1 heterocycles. The van der Waals surface area contributed by atoms with Crippen LogP contribution in [0.3, 0.4) is 0 Å². The molecule has 0 amide bonds. The maximum absolute atomic E-state index is 13.2. The standard InChI is InChI=1S/C7H14FNO2S/c1-7(8)3-5-9(6-4-7)12(2,10)11/h3-6H2,1-2H3. The molecule has 0 aromatic heterocycles. The lowest BCUT2D eigenvalue weighted by molar-refractivity contribution is 0.109. The van der Waals surface area contributed by atoms with Gasteiger partial charge < -0.3 is 0 Å². The van der Waals surface area contributed by atoms with Crippen molar-refractivity contribution in [1.82, 2.24) is 4.31 Å². The van der Waals surface area contributed by atoms with E-state index in [1.165, 1.54) is 11.2 Å². The quantitative estimate of drug-likeness (QED) is 0.619. The summed E-state index contributed by atoms with van der Waals surface area (Å²) in [5.74, 6) is 0. The van der Waals surface area contributed by atoms with Crippen LogP contribution in [0.2, 0.25) is 0 Å². The van der Waals surface area contributed by atoms with Gasteiger partial charge in [0.2, 0.25) is 10.0 Å². The summed E-state index contributed by atoms with van der Waals surface area (Å²) in [6.07, 6.45) is 1.77. The van der Waals surface area contributed by atoms with E-state index in [0.717, 1.165) is 6.26 Å². The van der Waals surface area contributed by atoms with Crippen molar-refractivity contribution < 1.29 is 12.8 Å². The highest BCUT2D eigenvalue weighted by Crippen LogP contribution is 2.26. The molecule has 0 radical (unpaired) electrons. The summed E-state index contributed by atoms with van der Waals surface area (Å²) in [7, 11) is -3.11. The van der Waals surface area contributed by atoms with Crippen LogP contribution in [0.15, 0.2) is 0 Å². The summed E-state index contributed by atoms with van der Waals surface area (Å²) < 4.78 is 36.5. The molecule has 1 fully saturated rings. The molecule has 0 atom stereocenters. The first-order valence-corrected chi connectivity index (χ1v) is 5.80. The van der Waals surface area contributed by atoms with Crippen LogP contribution in [-0.2, 0) is 10.0 Å². The monoisotopic (exact) mass is 195 g/mol. The maximum atomic E-state index is 13.2. The number of halogens is 1. The van der Waals surface area contributed by atoms with Crippen molar-refractivity contribution in [3.63, 3.8) is 0 Å². The molecule has 0 unspecified atom stereocenters. The molecule has 0 aliphatic carbocycles. The Labute approximate surface area is 72.6 Å². The second-order valence-corrected chi connectivity index (χ2v) is 5.56. The Bertz CT molecular complexity index is 251. The fraction of sp³-hybridized carbons (Fsp3) is 1.00. The first kappa shape index (κ1) is 9.92. The van der Waals surface area contributed by atoms with Gasteiger partial charge in [-0.3, -0.25) is 0 Å². The van der Waals surface area contributed by atoms with Gasteiger partial charge in [-0.05, 0) is 19.8 Å². The van der Waals surface area contributed by atoms with Gasteiger partial charge in [-0.1, -0.05) is 0 Å². The number of piperidine rings is 1. The van der Waals surface area contributed by atoms with E-state index in [-0.39, 0.29) is 0 Å². The highest BCUT2D eigenvalue weighted by molar-refractivity contribution is 7.88. The molecule has 5 heteroatoms. The third kappa shape index (κ3) is 2.42. The smallest absolute Gasteiger partial charge is 0.211 e. The molecule has 0 bridgehead atoms. The Hall–Kier alpha value is -0.160. The molecule has 1 aliphatic heterocycles. The van der Waals surface area contributed by atoms with Crippen molar-refractivity contribution in [2.75, 3.05) is 19.3 Å². The minimum atomic E-state index is -3.11. The van der Waals surface area contributed by atoms with E-state index in [1.807, 2.05) is 0 Å². The Morgan fingerprint density at radius 2 is 1.75 bits per heavy atom. The van der Waals surface area contributed by atoms with Crippen LogP contribution < -0.4 is 0 Å². The molecule has 12 heavy (non-hydrogen) atoms. The molecular weight excluding hydrogens is 181 g/mol.